The van der Waals surface area contributed by atoms with Crippen molar-refractivity contribution in [2.45, 2.75) is 32.2 Å². The van der Waals surface area contributed by atoms with Gasteiger partial charge in [0.1, 0.15) is 5.69 Å². The highest BCUT2D eigenvalue weighted by Crippen LogP contribution is 2.40. The van der Waals surface area contributed by atoms with Gasteiger partial charge in [0.05, 0.1) is 34.7 Å². The monoisotopic (exact) mass is 509 g/mol. The molecule has 1 amide bonds. The molecule has 0 unspecified atom stereocenters. The van der Waals surface area contributed by atoms with Crippen molar-refractivity contribution in [3.05, 3.63) is 82.9 Å². The van der Waals surface area contributed by atoms with E-state index in [0.29, 0.717) is 11.8 Å². The molecule has 3 aromatic heterocycles. The SMILES string of the molecule is Cc1c(NC(=O)c2cc(-c3ccccn3)on2)cnn1[C@H](C)c1ccc(C(F)(F)F)cc1C(F)(F)F. The molecule has 1 N–H and O–H groups in total. The van der Waals surface area contributed by atoms with Crippen molar-refractivity contribution in [2.75, 3.05) is 5.32 Å². The Bertz CT molecular complexity index is 1390. The zero-order valence-electron chi connectivity index (χ0n) is 18.6. The molecule has 0 spiro atoms. The molecule has 36 heavy (non-hydrogen) atoms. The number of hydrogen-bond acceptors (Lipinski definition) is 5. The Balaban J connectivity index is 1.59. The van der Waals surface area contributed by atoms with E-state index >= 15 is 0 Å². The predicted octanol–water partition coefficient (Wildman–Crippen LogP) is 6.14. The van der Waals surface area contributed by atoms with Gasteiger partial charge in [0.15, 0.2) is 11.5 Å². The topological polar surface area (TPSA) is 85.8 Å². The summed E-state index contributed by atoms with van der Waals surface area (Å²) in [6.07, 6.45) is -7.20. The van der Waals surface area contributed by atoms with E-state index in [1.165, 1.54) is 37.0 Å². The maximum absolute atomic E-state index is 13.6. The molecule has 0 radical (unpaired) electrons. The molecule has 0 bridgehead atoms. The lowest BCUT2D eigenvalue weighted by atomic mass is 9.98. The fourth-order valence-electron chi connectivity index (χ4n) is 3.61. The van der Waals surface area contributed by atoms with Crippen molar-refractivity contribution in [3.63, 3.8) is 0 Å². The highest BCUT2D eigenvalue weighted by molar-refractivity contribution is 6.03. The summed E-state index contributed by atoms with van der Waals surface area (Å²) < 4.78 is 86.1. The number of halogens is 6. The van der Waals surface area contributed by atoms with Gasteiger partial charge in [0.2, 0.25) is 0 Å². The third-order valence-electron chi connectivity index (χ3n) is 5.46. The average Bonchev–Trinajstić information content (AvgIpc) is 3.45. The van der Waals surface area contributed by atoms with Crippen LogP contribution in [0.2, 0.25) is 0 Å². The van der Waals surface area contributed by atoms with Gasteiger partial charge in [-0.1, -0.05) is 17.3 Å². The number of carbonyl (C=O) groups excluding carboxylic acids is 1. The summed E-state index contributed by atoms with van der Waals surface area (Å²) in [5, 5.41) is 10.3. The summed E-state index contributed by atoms with van der Waals surface area (Å²) >= 11 is 0. The zero-order chi connectivity index (χ0) is 26.3. The van der Waals surface area contributed by atoms with Gasteiger partial charge in [-0.2, -0.15) is 31.4 Å². The van der Waals surface area contributed by atoms with E-state index in [-0.39, 0.29) is 28.9 Å². The van der Waals surface area contributed by atoms with Crippen molar-refractivity contribution in [1.82, 2.24) is 19.9 Å². The molecule has 0 aliphatic heterocycles. The number of rotatable bonds is 5. The molecule has 0 aliphatic carbocycles. The fraction of sp³-hybridized carbons (Fsp3) is 0.217. The summed E-state index contributed by atoms with van der Waals surface area (Å²) in [4.78, 5) is 16.7. The lowest BCUT2D eigenvalue weighted by Gasteiger charge is -2.21. The Hall–Kier alpha value is -4.16. The molecular formula is C23H17F6N5O2. The van der Waals surface area contributed by atoms with E-state index in [1.54, 1.807) is 18.2 Å². The second-order valence-corrected chi connectivity index (χ2v) is 7.81. The summed E-state index contributed by atoms with van der Waals surface area (Å²) in [6, 6.07) is 6.82. The first-order chi connectivity index (χ1) is 16.9. The lowest BCUT2D eigenvalue weighted by molar-refractivity contribution is -0.143. The van der Waals surface area contributed by atoms with Crippen LogP contribution in [0.4, 0.5) is 32.0 Å². The van der Waals surface area contributed by atoms with Crippen LogP contribution in [0.5, 0.6) is 0 Å². The predicted molar refractivity (Wildman–Crippen MR) is 115 cm³/mol. The normalized spacial score (nSPS) is 13.0. The number of benzene rings is 1. The summed E-state index contributed by atoms with van der Waals surface area (Å²) in [7, 11) is 0. The minimum absolute atomic E-state index is 0.0713. The molecule has 3 heterocycles. The van der Waals surface area contributed by atoms with Gasteiger partial charge >= 0.3 is 12.4 Å². The number of carbonyl (C=O) groups is 1. The largest absolute Gasteiger partial charge is 0.416 e. The number of aromatic nitrogens is 4. The number of nitrogens with zero attached hydrogens (tertiary/aromatic N) is 4. The van der Waals surface area contributed by atoms with Crippen LogP contribution >= 0.6 is 0 Å². The number of anilines is 1. The van der Waals surface area contributed by atoms with Gasteiger partial charge < -0.3 is 9.84 Å². The molecule has 0 fully saturated rings. The highest BCUT2D eigenvalue weighted by Gasteiger charge is 2.39. The maximum Gasteiger partial charge on any atom is 0.416 e. The van der Waals surface area contributed by atoms with Crippen LogP contribution in [0, 0.1) is 6.92 Å². The molecule has 4 rings (SSSR count). The summed E-state index contributed by atoms with van der Waals surface area (Å²) in [5.41, 5.74) is -2.40. The van der Waals surface area contributed by atoms with Gasteiger partial charge in [-0.15, -0.1) is 0 Å². The van der Waals surface area contributed by atoms with E-state index in [2.05, 4.69) is 20.6 Å². The number of pyridine rings is 1. The van der Waals surface area contributed by atoms with Gasteiger partial charge in [0, 0.05) is 12.3 Å². The van der Waals surface area contributed by atoms with Gasteiger partial charge in [0.25, 0.3) is 5.91 Å². The third-order valence-corrected chi connectivity index (χ3v) is 5.46. The highest BCUT2D eigenvalue weighted by atomic mass is 19.4. The van der Waals surface area contributed by atoms with Crippen molar-refractivity contribution in [3.8, 4) is 11.5 Å². The van der Waals surface area contributed by atoms with Crippen LogP contribution in [0.25, 0.3) is 11.5 Å². The van der Waals surface area contributed by atoms with Crippen molar-refractivity contribution in [1.29, 1.82) is 0 Å². The smallest absolute Gasteiger partial charge is 0.354 e. The summed E-state index contributed by atoms with van der Waals surface area (Å²) in [6.45, 7) is 2.86. The molecule has 1 atom stereocenters. The van der Waals surface area contributed by atoms with Crippen LogP contribution in [0.15, 0.2) is 59.4 Å². The Labute approximate surface area is 199 Å². The lowest BCUT2D eigenvalue weighted by Crippen LogP contribution is -2.19. The molecule has 4 aromatic rings. The number of hydrogen-bond donors (Lipinski definition) is 1. The van der Waals surface area contributed by atoms with E-state index < -0.39 is 41.0 Å². The second-order valence-electron chi connectivity index (χ2n) is 7.81. The van der Waals surface area contributed by atoms with Crippen LogP contribution in [-0.2, 0) is 12.4 Å². The van der Waals surface area contributed by atoms with E-state index in [4.69, 9.17) is 4.52 Å². The van der Waals surface area contributed by atoms with E-state index in [1.807, 2.05) is 0 Å². The van der Waals surface area contributed by atoms with E-state index in [0.717, 1.165) is 6.07 Å². The van der Waals surface area contributed by atoms with E-state index in [9.17, 15) is 31.1 Å². The molecule has 7 nitrogen and oxygen atoms in total. The molecular weight excluding hydrogens is 492 g/mol. The minimum atomic E-state index is -5.03. The molecule has 0 saturated carbocycles. The summed E-state index contributed by atoms with van der Waals surface area (Å²) in [5.74, 6) is -0.412. The Morgan fingerprint density at radius 1 is 1.06 bits per heavy atom. The van der Waals surface area contributed by atoms with Gasteiger partial charge in [-0.05, 0) is 43.7 Å². The Morgan fingerprint density at radius 3 is 2.44 bits per heavy atom. The van der Waals surface area contributed by atoms with Crippen LogP contribution in [0.3, 0.4) is 0 Å². The Morgan fingerprint density at radius 2 is 1.81 bits per heavy atom. The fourth-order valence-corrected chi connectivity index (χ4v) is 3.61. The standard InChI is InChI=1S/C23H17F6N5O2/c1-12(15-7-6-14(22(24,25)26)9-16(15)23(27,28)29)34-13(2)19(11-31-34)32-21(35)18-10-20(36-33-18)17-5-3-4-8-30-17/h3-12H,1-2H3,(H,32,35)/t12-/m1/s1. The molecule has 13 heteroatoms. The first-order valence-electron chi connectivity index (χ1n) is 10.4. The minimum Gasteiger partial charge on any atom is -0.354 e. The molecule has 1 aromatic carbocycles. The molecule has 188 valence electrons. The molecule has 0 saturated heterocycles. The van der Waals surface area contributed by atoms with Crippen molar-refractivity contribution >= 4 is 11.6 Å². The van der Waals surface area contributed by atoms with Crippen LogP contribution in [0.1, 0.15) is 45.8 Å². The average molecular weight is 509 g/mol. The maximum atomic E-state index is 13.6. The number of alkyl halides is 6. The number of amides is 1. The van der Waals surface area contributed by atoms with Crippen LogP contribution in [-0.4, -0.2) is 25.8 Å². The zero-order valence-corrected chi connectivity index (χ0v) is 18.6. The Kier molecular flexibility index (Phi) is 6.33. The van der Waals surface area contributed by atoms with Gasteiger partial charge in [-0.3, -0.25) is 14.5 Å². The quantitative estimate of drug-likeness (QED) is 0.327. The molecule has 0 aliphatic rings. The second kappa shape index (κ2) is 9.13. The van der Waals surface area contributed by atoms with Gasteiger partial charge in [-0.25, -0.2) is 0 Å². The first-order valence-corrected chi connectivity index (χ1v) is 10.4. The first kappa shape index (κ1) is 24.9. The van der Waals surface area contributed by atoms with Crippen molar-refractivity contribution < 1.29 is 35.7 Å². The van der Waals surface area contributed by atoms with Crippen molar-refractivity contribution in [2.24, 2.45) is 0 Å². The third kappa shape index (κ3) is 4.95. The number of nitrogens with one attached hydrogen (secondary N) is 1. The van der Waals surface area contributed by atoms with Crippen LogP contribution < -0.4 is 5.32 Å².